The number of hydrogen-bond donors (Lipinski definition) is 2. The third-order valence-corrected chi connectivity index (χ3v) is 3.69. The van der Waals surface area contributed by atoms with Crippen LogP contribution in [-0.4, -0.2) is 0 Å². The first-order valence-electron chi connectivity index (χ1n) is 7.05. The topological polar surface area (TPSA) is 38.0 Å². The van der Waals surface area contributed by atoms with E-state index in [4.69, 9.17) is 5.84 Å². The quantitative estimate of drug-likeness (QED) is 0.655. The van der Waals surface area contributed by atoms with E-state index >= 15 is 0 Å². The Labute approximate surface area is 122 Å². The first-order chi connectivity index (χ1) is 9.41. The van der Waals surface area contributed by atoms with Crippen LogP contribution in [-0.2, 0) is 5.41 Å². The van der Waals surface area contributed by atoms with Gasteiger partial charge in [-0.25, -0.2) is 5.43 Å². The van der Waals surface area contributed by atoms with Gasteiger partial charge in [0.1, 0.15) is 0 Å². The molecule has 0 fully saturated rings. The summed E-state index contributed by atoms with van der Waals surface area (Å²) in [4.78, 5) is 0. The van der Waals surface area contributed by atoms with Gasteiger partial charge >= 0.3 is 0 Å². The Hall–Kier alpha value is -1.64. The van der Waals surface area contributed by atoms with Crippen LogP contribution in [0.2, 0.25) is 0 Å². The summed E-state index contributed by atoms with van der Waals surface area (Å²) in [5, 5.41) is 0. The molecule has 0 spiro atoms. The fourth-order valence-corrected chi connectivity index (χ4v) is 2.32. The monoisotopic (exact) mass is 268 g/mol. The smallest absolute Gasteiger partial charge is 0.0710 e. The Morgan fingerprint density at radius 1 is 0.850 bits per heavy atom. The molecule has 0 saturated heterocycles. The summed E-state index contributed by atoms with van der Waals surface area (Å²) >= 11 is 0. The van der Waals surface area contributed by atoms with Crippen molar-refractivity contribution in [2.45, 2.75) is 39.2 Å². The number of rotatable bonds is 3. The molecular weight excluding hydrogens is 244 g/mol. The third kappa shape index (κ3) is 3.27. The van der Waals surface area contributed by atoms with Crippen LogP contribution in [0.15, 0.2) is 48.5 Å². The van der Waals surface area contributed by atoms with Crippen molar-refractivity contribution in [3.63, 3.8) is 0 Å². The van der Waals surface area contributed by atoms with Crippen LogP contribution in [0.3, 0.4) is 0 Å². The normalized spacial score (nSPS) is 13.2. The number of nitrogens with one attached hydrogen (secondary N) is 1. The molecular formula is C18H24N2. The molecule has 2 aromatic carbocycles. The zero-order valence-corrected chi connectivity index (χ0v) is 12.8. The van der Waals surface area contributed by atoms with Gasteiger partial charge in [0.15, 0.2) is 0 Å². The SMILES string of the molecule is Cc1ccc(C(NN)c2ccc(C(C)(C)C)cc2)cc1. The van der Waals surface area contributed by atoms with Gasteiger partial charge in [-0.3, -0.25) is 5.84 Å². The zero-order valence-electron chi connectivity index (χ0n) is 12.8. The molecule has 1 unspecified atom stereocenters. The van der Waals surface area contributed by atoms with Crippen LogP contribution < -0.4 is 11.3 Å². The second-order valence-corrected chi connectivity index (χ2v) is 6.38. The maximum absolute atomic E-state index is 5.75. The summed E-state index contributed by atoms with van der Waals surface area (Å²) in [5.41, 5.74) is 8.04. The van der Waals surface area contributed by atoms with E-state index in [9.17, 15) is 0 Å². The highest BCUT2D eigenvalue weighted by molar-refractivity contribution is 5.36. The minimum Gasteiger partial charge on any atom is -0.271 e. The summed E-state index contributed by atoms with van der Waals surface area (Å²) in [6.07, 6.45) is 0. The molecule has 20 heavy (non-hydrogen) atoms. The van der Waals surface area contributed by atoms with Crippen molar-refractivity contribution in [1.29, 1.82) is 0 Å². The molecule has 2 rings (SSSR count). The molecule has 0 aliphatic carbocycles. The second kappa shape index (κ2) is 5.78. The first kappa shape index (κ1) is 14.8. The zero-order chi connectivity index (χ0) is 14.8. The molecule has 2 aromatic rings. The lowest BCUT2D eigenvalue weighted by Crippen LogP contribution is -2.28. The van der Waals surface area contributed by atoms with Crippen molar-refractivity contribution < 1.29 is 0 Å². The van der Waals surface area contributed by atoms with Crippen molar-refractivity contribution in [3.05, 3.63) is 70.8 Å². The summed E-state index contributed by atoms with van der Waals surface area (Å²) in [6.45, 7) is 8.76. The number of aryl methyl sites for hydroxylation is 1. The molecule has 0 heterocycles. The molecule has 1 atom stereocenters. The van der Waals surface area contributed by atoms with Crippen LogP contribution >= 0.6 is 0 Å². The predicted molar refractivity (Wildman–Crippen MR) is 85.5 cm³/mol. The molecule has 0 radical (unpaired) electrons. The average molecular weight is 268 g/mol. The number of benzene rings is 2. The third-order valence-electron chi connectivity index (χ3n) is 3.69. The minimum absolute atomic E-state index is 0.0321. The standard InChI is InChI=1S/C18H24N2/c1-13-5-7-14(8-6-13)17(20-19)15-9-11-16(12-10-15)18(2,3)4/h5-12,17,20H,19H2,1-4H3. The lowest BCUT2D eigenvalue weighted by molar-refractivity contribution is 0.588. The van der Waals surface area contributed by atoms with E-state index in [-0.39, 0.29) is 11.5 Å². The van der Waals surface area contributed by atoms with E-state index in [1.54, 1.807) is 0 Å². The summed E-state index contributed by atoms with van der Waals surface area (Å²) < 4.78 is 0. The van der Waals surface area contributed by atoms with E-state index < -0.39 is 0 Å². The van der Waals surface area contributed by atoms with Crippen LogP contribution in [0.4, 0.5) is 0 Å². The highest BCUT2D eigenvalue weighted by Gasteiger charge is 2.16. The molecule has 2 nitrogen and oxygen atoms in total. The van der Waals surface area contributed by atoms with Crippen LogP contribution in [0.5, 0.6) is 0 Å². The Morgan fingerprint density at radius 2 is 1.30 bits per heavy atom. The Morgan fingerprint density at radius 3 is 1.70 bits per heavy atom. The molecule has 0 bridgehead atoms. The van der Waals surface area contributed by atoms with E-state index in [1.165, 1.54) is 22.3 Å². The van der Waals surface area contributed by atoms with Gasteiger partial charge in [-0.1, -0.05) is 74.9 Å². The maximum Gasteiger partial charge on any atom is 0.0710 e. The first-order valence-corrected chi connectivity index (χ1v) is 7.05. The van der Waals surface area contributed by atoms with Crippen molar-refractivity contribution in [3.8, 4) is 0 Å². The summed E-state index contributed by atoms with van der Waals surface area (Å²) in [7, 11) is 0. The molecule has 0 aromatic heterocycles. The highest BCUT2D eigenvalue weighted by Crippen LogP contribution is 2.26. The molecule has 106 valence electrons. The highest BCUT2D eigenvalue weighted by atomic mass is 15.2. The molecule has 0 aliphatic heterocycles. The fourth-order valence-electron chi connectivity index (χ4n) is 2.32. The van der Waals surface area contributed by atoms with E-state index in [0.29, 0.717) is 0 Å². The van der Waals surface area contributed by atoms with Crippen LogP contribution in [0.1, 0.15) is 49.1 Å². The van der Waals surface area contributed by atoms with Gasteiger partial charge in [-0.15, -0.1) is 0 Å². The summed E-state index contributed by atoms with van der Waals surface area (Å²) in [5.74, 6) is 5.75. The Kier molecular flexibility index (Phi) is 4.26. The second-order valence-electron chi connectivity index (χ2n) is 6.38. The van der Waals surface area contributed by atoms with E-state index in [1.807, 2.05) is 0 Å². The lowest BCUT2D eigenvalue weighted by atomic mass is 9.86. The van der Waals surface area contributed by atoms with Gasteiger partial charge in [0.25, 0.3) is 0 Å². The maximum atomic E-state index is 5.75. The fraction of sp³-hybridized carbons (Fsp3) is 0.333. The number of hydrazine groups is 1. The molecule has 0 amide bonds. The number of nitrogens with two attached hydrogens (primary N) is 1. The summed E-state index contributed by atoms with van der Waals surface area (Å²) in [6, 6.07) is 17.2. The predicted octanol–water partition coefficient (Wildman–Crippen LogP) is 3.85. The van der Waals surface area contributed by atoms with E-state index in [0.717, 1.165) is 0 Å². The van der Waals surface area contributed by atoms with Crippen molar-refractivity contribution in [1.82, 2.24) is 5.43 Å². The van der Waals surface area contributed by atoms with Gasteiger partial charge in [0, 0.05) is 0 Å². The Bertz CT molecular complexity index is 547. The van der Waals surface area contributed by atoms with Gasteiger partial charge in [0.05, 0.1) is 6.04 Å². The van der Waals surface area contributed by atoms with Gasteiger partial charge < -0.3 is 0 Å². The largest absolute Gasteiger partial charge is 0.271 e. The molecule has 0 aliphatic rings. The van der Waals surface area contributed by atoms with Crippen molar-refractivity contribution >= 4 is 0 Å². The van der Waals surface area contributed by atoms with E-state index in [2.05, 4.69) is 81.7 Å². The number of hydrogen-bond acceptors (Lipinski definition) is 2. The lowest BCUT2D eigenvalue weighted by Gasteiger charge is -2.21. The van der Waals surface area contributed by atoms with Gasteiger partial charge in [0.2, 0.25) is 0 Å². The molecule has 3 N–H and O–H groups in total. The minimum atomic E-state index is 0.0321. The van der Waals surface area contributed by atoms with Crippen LogP contribution in [0.25, 0.3) is 0 Å². The van der Waals surface area contributed by atoms with Crippen molar-refractivity contribution in [2.75, 3.05) is 0 Å². The van der Waals surface area contributed by atoms with Gasteiger partial charge in [-0.05, 0) is 29.0 Å². The average Bonchev–Trinajstić information content (AvgIpc) is 2.41. The van der Waals surface area contributed by atoms with Crippen molar-refractivity contribution in [2.24, 2.45) is 5.84 Å². The molecule has 2 heteroatoms. The van der Waals surface area contributed by atoms with Crippen LogP contribution in [0, 0.1) is 6.92 Å². The Balaban J connectivity index is 2.30. The van der Waals surface area contributed by atoms with Gasteiger partial charge in [-0.2, -0.15) is 0 Å². The molecule has 0 saturated carbocycles.